The molecule has 0 spiro atoms. The number of amides is 2. The Labute approximate surface area is 211 Å². The van der Waals surface area contributed by atoms with Crippen molar-refractivity contribution in [3.63, 3.8) is 0 Å². The van der Waals surface area contributed by atoms with Crippen LogP contribution in [-0.2, 0) is 9.59 Å². The smallest absolute Gasteiger partial charge is 0.246 e. The van der Waals surface area contributed by atoms with E-state index in [1.165, 1.54) is 18.2 Å². The highest BCUT2D eigenvalue weighted by atomic mass is 19.1. The Morgan fingerprint density at radius 3 is 2.72 bits per heavy atom. The fourth-order valence-corrected chi connectivity index (χ4v) is 3.43. The Morgan fingerprint density at radius 1 is 1.28 bits per heavy atom. The zero-order valence-corrected chi connectivity index (χ0v) is 20.8. The van der Waals surface area contributed by atoms with E-state index >= 15 is 0 Å². The van der Waals surface area contributed by atoms with Gasteiger partial charge in [0.1, 0.15) is 17.7 Å². The van der Waals surface area contributed by atoms with Gasteiger partial charge in [-0.2, -0.15) is 4.98 Å². The van der Waals surface area contributed by atoms with E-state index in [4.69, 9.17) is 0 Å². The van der Waals surface area contributed by atoms with Crippen molar-refractivity contribution in [2.24, 2.45) is 0 Å². The Bertz CT molecular complexity index is 1140. The van der Waals surface area contributed by atoms with Crippen LogP contribution in [0.5, 0.6) is 0 Å². The molecule has 9 nitrogen and oxygen atoms in total. The molecule has 2 aromatic rings. The Morgan fingerprint density at radius 2 is 2.06 bits per heavy atom. The summed E-state index contributed by atoms with van der Waals surface area (Å²) in [6, 6.07) is 5.53. The summed E-state index contributed by atoms with van der Waals surface area (Å²) in [5.74, 6) is 6.51. The minimum Gasteiger partial charge on any atom is -0.372 e. The van der Waals surface area contributed by atoms with E-state index in [1.54, 1.807) is 36.4 Å². The maximum absolute atomic E-state index is 13.1. The molecule has 2 amide bonds. The van der Waals surface area contributed by atoms with Crippen LogP contribution in [0.4, 0.5) is 21.8 Å². The number of unbranched alkanes of at least 4 members (excludes halogenated alkanes) is 1. The number of hydrogen-bond donors (Lipinski definition) is 3. The lowest BCUT2D eigenvalue weighted by Gasteiger charge is -2.39. The fourth-order valence-electron chi connectivity index (χ4n) is 3.43. The summed E-state index contributed by atoms with van der Waals surface area (Å²) in [6.07, 6.45) is 6.89. The number of likely N-dealkylation sites (tertiary alicyclic amines) is 1. The van der Waals surface area contributed by atoms with Gasteiger partial charge in [-0.3, -0.25) is 9.59 Å². The number of carbonyl (C=O) groups excluding carboxylic acids is 2. The largest absolute Gasteiger partial charge is 0.372 e. The first kappa shape index (κ1) is 26.6. The number of rotatable bonds is 10. The molecule has 3 rings (SSSR count). The second-order valence-corrected chi connectivity index (χ2v) is 8.53. The van der Waals surface area contributed by atoms with E-state index < -0.39 is 6.04 Å². The van der Waals surface area contributed by atoms with E-state index in [2.05, 4.69) is 37.8 Å². The van der Waals surface area contributed by atoms with Gasteiger partial charge in [0.2, 0.25) is 17.8 Å². The lowest BCUT2D eigenvalue weighted by molar-refractivity contribution is -0.143. The third kappa shape index (κ3) is 7.78. The molecule has 1 atom stereocenters. The minimum absolute atomic E-state index is 0.126. The van der Waals surface area contributed by atoms with Crippen molar-refractivity contribution in [3.05, 3.63) is 54.0 Å². The molecule has 10 heteroatoms. The van der Waals surface area contributed by atoms with E-state index in [1.807, 2.05) is 19.0 Å². The van der Waals surface area contributed by atoms with Crippen LogP contribution < -0.4 is 16.0 Å². The fraction of sp³-hybridized carbons (Fsp3) is 0.385. The number of likely N-dealkylation sites (N-methyl/N-ethyl adjacent to an activating group) is 1. The third-order valence-corrected chi connectivity index (χ3v) is 5.46. The summed E-state index contributed by atoms with van der Waals surface area (Å²) < 4.78 is 13.1. The van der Waals surface area contributed by atoms with Crippen LogP contribution in [0.15, 0.2) is 42.6 Å². The quantitative estimate of drug-likeness (QED) is 0.265. The van der Waals surface area contributed by atoms with Crippen molar-refractivity contribution in [1.82, 2.24) is 25.1 Å². The molecule has 1 aromatic heterocycles. The molecule has 0 aliphatic carbocycles. The maximum atomic E-state index is 13.1. The van der Waals surface area contributed by atoms with Crippen LogP contribution >= 0.6 is 0 Å². The lowest BCUT2D eigenvalue weighted by Crippen LogP contribution is -2.58. The molecule has 2 heterocycles. The topological polar surface area (TPSA) is 102 Å². The van der Waals surface area contributed by atoms with Crippen molar-refractivity contribution in [1.29, 1.82) is 0 Å². The Balaban J connectivity index is 1.42. The molecule has 36 heavy (non-hydrogen) atoms. The number of nitrogens with one attached hydrogen (secondary N) is 3. The van der Waals surface area contributed by atoms with Crippen molar-refractivity contribution < 1.29 is 14.0 Å². The number of nitrogens with zero attached hydrogens (tertiary/aromatic N) is 4. The second-order valence-electron chi connectivity index (χ2n) is 8.53. The van der Waals surface area contributed by atoms with Crippen LogP contribution in [0.25, 0.3) is 0 Å². The van der Waals surface area contributed by atoms with Crippen LogP contribution in [0, 0.1) is 17.7 Å². The predicted octanol–water partition coefficient (Wildman–Crippen LogP) is 2.37. The standard InChI is InChI=1S/C26H32FN7O2/c1-28-24-19(18-30-26(32-24)31-21-12-10-20(27)11-13-21)8-5-4-6-15-29-25(36)22-14-17-34(22)23(35)9-7-16-33(2)3/h7,9-13,18,22H,4,6,14-17H2,1-3H3,(H,29,36)(H2,28,30,31,32)/b9-7+/t22-/m0/s1. The van der Waals surface area contributed by atoms with Crippen molar-refractivity contribution >= 4 is 29.3 Å². The van der Waals surface area contributed by atoms with Crippen molar-refractivity contribution in [2.45, 2.75) is 25.3 Å². The first-order chi connectivity index (χ1) is 17.4. The summed E-state index contributed by atoms with van der Waals surface area (Å²) in [7, 11) is 5.60. The number of halogens is 1. The summed E-state index contributed by atoms with van der Waals surface area (Å²) in [5.41, 5.74) is 1.33. The number of aromatic nitrogens is 2. The van der Waals surface area contributed by atoms with Crippen LogP contribution in [0.1, 0.15) is 24.8 Å². The zero-order valence-electron chi connectivity index (χ0n) is 20.8. The normalized spacial score (nSPS) is 14.7. The molecule has 1 aliphatic heterocycles. The molecule has 1 saturated heterocycles. The molecular formula is C26H32FN7O2. The summed E-state index contributed by atoms with van der Waals surface area (Å²) >= 11 is 0. The summed E-state index contributed by atoms with van der Waals surface area (Å²) in [4.78, 5) is 36.9. The number of benzene rings is 1. The van der Waals surface area contributed by atoms with Crippen molar-refractivity contribution in [3.8, 4) is 11.8 Å². The van der Waals surface area contributed by atoms with Gasteiger partial charge in [0.25, 0.3) is 0 Å². The molecule has 3 N–H and O–H groups in total. The molecule has 1 fully saturated rings. The second kappa shape index (κ2) is 13.2. The molecule has 0 radical (unpaired) electrons. The maximum Gasteiger partial charge on any atom is 0.246 e. The number of anilines is 3. The third-order valence-electron chi connectivity index (χ3n) is 5.46. The first-order valence-corrected chi connectivity index (χ1v) is 11.8. The average molecular weight is 494 g/mol. The summed E-state index contributed by atoms with van der Waals surface area (Å²) in [6.45, 7) is 1.76. The zero-order chi connectivity index (χ0) is 25.9. The highest BCUT2D eigenvalue weighted by Crippen LogP contribution is 2.18. The summed E-state index contributed by atoms with van der Waals surface area (Å²) in [5, 5.41) is 8.93. The van der Waals surface area contributed by atoms with Gasteiger partial charge in [-0.05, 0) is 51.2 Å². The van der Waals surface area contributed by atoms with Crippen LogP contribution in [0.2, 0.25) is 0 Å². The highest BCUT2D eigenvalue weighted by Gasteiger charge is 2.36. The molecule has 0 saturated carbocycles. The molecular weight excluding hydrogens is 461 g/mol. The molecule has 1 aromatic carbocycles. The monoisotopic (exact) mass is 493 g/mol. The van der Waals surface area contributed by atoms with Crippen LogP contribution in [-0.4, -0.2) is 78.4 Å². The van der Waals surface area contributed by atoms with E-state index in [0.29, 0.717) is 61.9 Å². The highest BCUT2D eigenvalue weighted by molar-refractivity contribution is 5.94. The van der Waals surface area contributed by atoms with Gasteiger partial charge in [0, 0.05) is 44.9 Å². The van der Waals surface area contributed by atoms with Gasteiger partial charge in [-0.25, -0.2) is 9.37 Å². The Hall–Kier alpha value is -3.97. The molecule has 0 unspecified atom stereocenters. The molecule has 190 valence electrons. The average Bonchev–Trinajstić information content (AvgIpc) is 2.82. The van der Waals surface area contributed by atoms with E-state index in [0.717, 1.165) is 0 Å². The van der Waals surface area contributed by atoms with E-state index in [9.17, 15) is 14.0 Å². The van der Waals surface area contributed by atoms with Crippen LogP contribution in [0.3, 0.4) is 0 Å². The van der Waals surface area contributed by atoms with Gasteiger partial charge in [-0.15, -0.1) is 0 Å². The molecule has 0 bridgehead atoms. The SMILES string of the molecule is CNc1nc(Nc2ccc(F)cc2)ncc1C#CCCCNC(=O)[C@@H]1CCN1C(=O)/C=C/CN(C)C. The number of carbonyl (C=O) groups is 2. The number of hydrogen-bond acceptors (Lipinski definition) is 7. The lowest BCUT2D eigenvalue weighted by atomic mass is 10.0. The predicted molar refractivity (Wildman–Crippen MR) is 138 cm³/mol. The van der Waals surface area contributed by atoms with E-state index in [-0.39, 0.29) is 17.6 Å². The van der Waals surface area contributed by atoms with Gasteiger partial charge >= 0.3 is 0 Å². The van der Waals surface area contributed by atoms with Crippen molar-refractivity contribution in [2.75, 3.05) is 51.4 Å². The van der Waals surface area contributed by atoms with Gasteiger partial charge < -0.3 is 25.8 Å². The van der Waals surface area contributed by atoms with Gasteiger partial charge in [0.05, 0.1) is 11.8 Å². The minimum atomic E-state index is -0.398. The Kier molecular flexibility index (Phi) is 9.77. The van der Waals surface area contributed by atoms with Gasteiger partial charge in [0.15, 0.2) is 0 Å². The van der Waals surface area contributed by atoms with Gasteiger partial charge in [-0.1, -0.05) is 17.9 Å². The molecule has 1 aliphatic rings. The first-order valence-electron chi connectivity index (χ1n) is 11.8.